The molecule has 0 saturated carbocycles. The molecule has 3 fully saturated rings. The van der Waals surface area contributed by atoms with Crippen LogP contribution in [-0.2, 0) is 44.9 Å². The molecule has 0 aliphatic carbocycles. The Labute approximate surface area is 495 Å². The Kier molecular flexibility index (Phi) is 20.3. The third-order valence-corrected chi connectivity index (χ3v) is 18.8. The van der Waals surface area contributed by atoms with Crippen molar-refractivity contribution in [3.63, 3.8) is 0 Å². The van der Waals surface area contributed by atoms with Gasteiger partial charge < -0.3 is 42.6 Å². The van der Waals surface area contributed by atoms with Crippen LogP contribution in [0.1, 0.15) is 74.5 Å². The van der Waals surface area contributed by atoms with E-state index in [9.17, 15) is 0 Å². The lowest BCUT2D eigenvalue weighted by Gasteiger charge is -2.24. The highest BCUT2D eigenvalue weighted by molar-refractivity contribution is 14.1. The summed E-state index contributed by atoms with van der Waals surface area (Å²) in [5.41, 5.74) is 3.25. The quantitative estimate of drug-likeness (QED) is 0.0617. The number of rotatable bonds is 18. The Bertz CT molecular complexity index is 2310. The second-order valence-corrected chi connectivity index (χ2v) is 26.0. The monoisotopic (exact) mass is 1640 g/mol. The van der Waals surface area contributed by atoms with E-state index in [1.54, 1.807) is 0 Å². The van der Waals surface area contributed by atoms with Gasteiger partial charge in [-0.25, -0.2) is 0 Å². The van der Waals surface area contributed by atoms with Gasteiger partial charge in [-0.15, -0.1) is 0 Å². The molecule has 3 atom stereocenters. The van der Waals surface area contributed by atoms with Crippen molar-refractivity contribution in [1.29, 1.82) is 0 Å². The van der Waals surface area contributed by atoms with Crippen molar-refractivity contribution in [3.8, 4) is 34.5 Å². The first kappa shape index (κ1) is 53.6. The zero-order chi connectivity index (χ0) is 48.4. The van der Waals surface area contributed by atoms with E-state index in [-0.39, 0.29) is 18.9 Å². The van der Waals surface area contributed by atoms with Crippen molar-refractivity contribution in [2.75, 3.05) is 19.8 Å². The van der Waals surface area contributed by atoms with E-state index in [1.807, 2.05) is 0 Å². The molecule has 9 rings (SSSR count). The molecule has 0 spiro atoms. The lowest BCUT2D eigenvalue weighted by molar-refractivity contribution is -0.106. The first-order valence-corrected chi connectivity index (χ1v) is 31.0. The molecule has 0 aromatic heterocycles. The van der Waals surface area contributed by atoms with Gasteiger partial charge in [0.25, 0.3) is 0 Å². The third kappa shape index (κ3) is 14.8. The van der Waals surface area contributed by atoms with Gasteiger partial charge in [0.05, 0.1) is 52.1 Å². The largest absolute Gasteiger partial charge is 0.489 e. The molecule has 6 aromatic carbocycles. The summed E-state index contributed by atoms with van der Waals surface area (Å²) in [7, 11) is -0.441. The van der Waals surface area contributed by atoms with E-state index in [2.05, 4.69) is 245 Å². The summed E-state index contributed by atoms with van der Waals surface area (Å²) in [5.74, 6) is 5.05. The molecule has 3 heterocycles. The van der Waals surface area contributed by atoms with Gasteiger partial charge in [-0.1, -0.05) is 0 Å². The Balaban J connectivity index is 0.888. The predicted molar refractivity (Wildman–Crippen MR) is 323 cm³/mol. The Morgan fingerprint density at radius 2 is 0.629 bits per heavy atom. The molecule has 3 aliphatic heterocycles. The highest BCUT2D eigenvalue weighted by Gasteiger charge is 2.30. The first-order chi connectivity index (χ1) is 34.1. The second kappa shape index (κ2) is 26.5. The van der Waals surface area contributed by atoms with Crippen LogP contribution in [0.25, 0.3) is 0 Å². The van der Waals surface area contributed by atoms with Crippen LogP contribution < -0.4 is 28.4 Å². The molecule has 0 bridgehead atoms. The fourth-order valence-corrected chi connectivity index (χ4v) is 16.7. The molecule has 0 N–H and O–H groups in total. The summed E-state index contributed by atoms with van der Waals surface area (Å²) >= 11 is 14.1. The second-order valence-electron chi connectivity index (χ2n) is 17.0. The predicted octanol–water partition coefficient (Wildman–Crippen LogP) is 15.9. The van der Waals surface area contributed by atoms with Gasteiger partial charge in [-0.05, 0) is 300 Å². The van der Waals surface area contributed by atoms with Crippen LogP contribution in [0.15, 0.2) is 124 Å². The van der Waals surface area contributed by atoms with E-state index in [0.717, 1.165) is 150 Å². The van der Waals surface area contributed by atoms with Gasteiger partial charge in [0, 0.05) is 19.3 Å². The number of halogens is 6. The minimum Gasteiger partial charge on any atom is -0.489 e. The molecule has 70 heavy (non-hydrogen) atoms. The average molecular weight is 1640 g/mol. The van der Waals surface area contributed by atoms with Crippen LogP contribution in [0.3, 0.4) is 0 Å². The molecule has 6 aromatic rings. The van der Waals surface area contributed by atoms with Crippen LogP contribution in [-0.4, -0.2) is 38.7 Å². The lowest BCUT2D eigenvalue weighted by Crippen LogP contribution is -2.25. The molecule has 0 amide bonds. The minimum atomic E-state index is -0.441. The summed E-state index contributed by atoms with van der Waals surface area (Å²) in [6, 6.07) is 38.3. The third-order valence-electron chi connectivity index (χ3n) is 11.7. The number of benzene rings is 6. The average Bonchev–Trinajstić information content (AvgIpc) is 3.37. The van der Waals surface area contributed by atoms with Crippen molar-refractivity contribution in [2.24, 2.45) is 0 Å². The van der Waals surface area contributed by atoms with Crippen molar-refractivity contribution in [2.45, 2.75) is 111 Å². The highest BCUT2D eigenvalue weighted by atomic mass is 127. The minimum absolute atomic E-state index is 0.186. The van der Waals surface area contributed by atoms with E-state index in [0.29, 0.717) is 19.8 Å². The van der Waals surface area contributed by atoms with E-state index in [4.69, 9.17) is 42.6 Å². The van der Waals surface area contributed by atoms with Gasteiger partial charge in [0.1, 0.15) is 54.3 Å². The van der Waals surface area contributed by atoms with Crippen LogP contribution in [0.4, 0.5) is 0 Å². The van der Waals surface area contributed by atoms with Crippen LogP contribution in [0.5, 0.6) is 34.5 Å². The fourth-order valence-electron chi connectivity index (χ4n) is 8.16. The van der Waals surface area contributed by atoms with E-state index < -0.39 is 10.9 Å². The van der Waals surface area contributed by atoms with Crippen molar-refractivity contribution in [3.05, 3.63) is 147 Å². The van der Waals surface area contributed by atoms with E-state index in [1.165, 1.54) is 14.7 Å². The summed E-state index contributed by atoms with van der Waals surface area (Å²) in [6.45, 7) is 3.57. The van der Waals surface area contributed by atoms with Crippen LogP contribution in [0, 0.1) is 21.4 Å². The number of hydrogen-bond acceptors (Lipinski definition) is 9. The molecule has 16 heteroatoms. The van der Waals surface area contributed by atoms with Crippen molar-refractivity contribution in [1.82, 2.24) is 0 Å². The molecule has 3 unspecified atom stereocenters. The number of hydrogen-bond donors (Lipinski definition) is 0. The van der Waals surface area contributed by atoms with Gasteiger partial charge >= 0.3 is 0 Å². The van der Waals surface area contributed by atoms with Gasteiger partial charge in [0.15, 0.2) is 33.6 Å². The molecule has 0 radical (unpaired) electrons. The lowest BCUT2D eigenvalue weighted by atomic mass is 10.2. The maximum atomic E-state index is 6.38. The first-order valence-electron chi connectivity index (χ1n) is 23.3. The van der Waals surface area contributed by atoms with Crippen molar-refractivity contribution < 1.29 is 42.6 Å². The fraction of sp³-hybridized carbons (Fsp3) is 0.333. The standard InChI is InChI=1S/C54H51I6O9S/c55-43-25-34(26-44(56)52(43)67-49-7-1-4-22-61-49)31-64-37-10-16-40(17-11-37)70(41-18-12-38(13-19-41)65-32-35-27-45(57)53(46(58)28-35)68-50-8-2-5-23-62-50)42-20-14-39(15-21-42)66-33-36-29-47(59)54(48(60)30-36)69-51-9-3-6-24-63-51/h10-21,25-30,49-51H,1-9,22-24,31-33H2/q+1. The van der Waals surface area contributed by atoms with Gasteiger partial charge in [-0.2, -0.15) is 0 Å². The highest BCUT2D eigenvalue weighted by Crippen LogP contribution is 2.38. The van der Waals surface area contributed by atoms with Crippen molar-refractivity contribution >= 4 is 146 Å². The van der Waals surface area contributed by atoms with Gasteiger partial charge in [-0.3, -0.25) is 0 Å². The zero-order valence-corrected chi connectivity index (χ0v) is 51.8. The molecular weight excluding hydrogens is 1590 g/mol. The maximum absolute atomic E-state index is 6.38. The topological polar surface area (TPSA) is 83.1 Å². The molecule has 368 valence electrons. The molecule has 9 nitrogen and oxygen atoms in total. The SMILES string of the molecule is Ic1cc(COc2ccc([S+](c3ccc(OCc4cc(I)c(OC5CCCCO5)c(I)c4)cc3)c3ccc(OCc4cc(I)c(OC5CCCCO5)c(I)c4)cc3)cc2)cc(I)c1OC1CCCCO1. The van der Waals surface area contributed by atoms with E-state index >= 15 is 0 Å². The Morgan fingerprint density at radius 1 is 0.371 bits per heavy atom. The normalized spacial score (nSPS) is 18.7. The Hall–Kier alpha value is -1.27. The summed E-state index contributed by atoms with van der Waals surface area (Å²) in [4.78, 5) is 3.50. The molecular formula is C54H51I6O9S+. The van der Waals surface area contributed by atoms with Crippen LogP contribution >= 0.6 is 136 Å². The molecule has 3 aliphatic rings. The zero-order valence-electron chi connectivity index (χ0n) is 38.1. The maximum Gasteiger partial charge on any atom is 0.199 e. The smallest absolute Gasteiger partial charge is 0.199 e. The number of ether oxygens (including phenoxy) is 9. The van der Waals surface area contributed by atoms with Crippen LogP contribution in [0.2, 0.25) is 0 Å². The summed E-state index contributed by atoms with van der Waals surface area (Å²) in [5, 5.41) is 0. The summed E-state index contributed by atoms with van der Waals surface area (Å²) < 4.78 is 61.8. The van der Waals surface area contributed by atoms with Gasteiger partial charge in [0.2, 0.25) is 0 Å². The molecule has 3 saturated heterocycles. The Morgan fingerprint density at radius 3 is 0.857 bits per heavy atom. The summed E-state index contributed by atoms with van der Waals surface area (Å²) in [6.07, 6.45) is 8.83.